The van der Waals surface area contributed by atoms with Crippen LogP contribution in [0.1, 0.15) is 71.3 Å². The van der Waals surface area contributed by atoms with E-state index in [0.29, 0.717) is 11.6 Å². The predicted molar refractivity (Wildman–Crippen MR) is 140 cm³/mol. The van der Waals surface area contributed by atoms with Crippen molar-refractivity contribution in [1.29, 1.82) is 0 Å². The zero-order chi connectivity index (χ0) is 24.2. The van der Waals surface area contributed by atoms with Crippen LogP contribution in [-0.4, -0.2) is 22.7 Å². The molecule has 0 radical (unpaired) electrons. The summed E-state index contributed by atoms with van der Waals surface area (Å²) >= 11 is 0. The monoisotopic (exact) mass is 462 g/mol. The second-order valence-electron chi connectivity index (χ2n) is 9.46. The molecule has 0 bridgehead atoms. The highest BCUT2D eigenvalue weighted by Gasteiger charge is 2.12. The molecule has 0 N–H and O–H groups in total. The van der Waals surface area contributed by atoms with E-state index in [1.807, 2.05) is 50.5 Å². The van der Waals surface area contributed by atoms with Gasteiger partial charge in [-0.3, -0.25) is 0 Å². The molecular formula is C30H39FN2O. The molecule has 1 atom stereocenters. The minimum absolute atomic E-state index is 0.0486. The zero-order valence-corrected chi connectivity index (χ0v) is 21.0. The Bertz CT molecular complexity index is 953. The summed E-state index contributed by atoms with van der Waals surface area (Å²) in [5.41, 5.74) is 4.44. The molecule has 2 aromatic carbocycles. The topological polar surface area (TPSA) is 35.0 Å². The molecule has 0 aliphatic carbocycles. The first-order chi connectivity index (χ1) is 16.6. The van der Waals surface area contributed by atoms with Crippen LogP contribution in [0.25, 0.3) is 22.5 Å². The molecule has 0 spiro atoms. The summed E-state index contributed by atoms with van der Waals surface area (Å²) < 4.78 is 19.3. The molecule has 3 aromatic rings. The number of ether oxygens (including phenoxy) is 1. The van der Waals surface area contributed by atoms with E-state index in [1.165, 1.54) is 50.5 Å². The molecule has 1 unspecified atom stereocenters. The number of hydrogen-bond acceptors (Lipinski definition) is 3. The van der Waals surface area contributed by atoms with Crippen LogP contribution in [0.5, 0.6) is 5.75 Å². The number of benzene rings is 2. The highest BCUT2D eigenvalue weighted by Crippen LogP contribution is 2.23. The molecule has 1 heterocycles. The number of aryl methyl sites for hydroxylation is 1. The minimum atomic E-state index is -0.968. The van der Waals surface area contributed by atoms with Crippen LogP contribution < -0.4 is 4.74 Å². The molecule has 0 saturated heterocycles. The van der Waals surface area contributed by atoms with Crippen LogP contribution in [0.3, 0.4) is 0 Å². The number of aromatic nitrogens is 2. The Morgan fingerprint density at radius 3 is 1.94 bits per heavy atom. The number of halogens is 1. The Morgan fingerprint density at radius 2 is 1.32 bits per heavy atom. The predicted octanol–water partition coefficient (Wildman–Crippen LogP) is 8.48. The third-order valence-electron chi connectivity index (χ3n) is 6.25. The molecule has 0 amide bonds. The molecule has 0 saturated carbocycles. The Balaban J connectivity index is 1.49. The molecule has 3 nitrogen and oxygen atoms in total. The van der Waals surface area contributed by atoms with E-state index >= 15 is 0 Å². The lowest BCUT2D eigenvalue weighted by Crippen LogP contribution is -2.18. The SMILES string of the molecule is CCCCCCCCCc1ccc(-c2cnc(-c3ccc(OCC(F)C(C)C)cc3)nc2)cc1. The van der Waals surface area contributed by atoms with Gasteiger partial charge in [-0.05, 0) is 54.2 Å². The Hall–Kier alpha value is -2.75. The molecule has 3 rings (SSSR count). The molecule has 182 valence electrons. The highest BCUT2D eigenvalue weighted by molar-refractivity contribution is 5.64. The van der Waals surface area contributed by atoms with Gasteiger partial charge in [-0.2, -0.15) is 0 Å². The first-order valence-corrected chi connectivity index (χ1v) is 12.9. The van der Waals surface area contributed by atoms with Crippen LogP contribution >= 0.6 is 0 Å². The fourth-order valence-corrected chi connectivity index (χ4v) is 3.84. The van der Waals surface area contributed by atoms with Crippen molar-refractivity contribution in [2.75, 3.05) is 6.61 Å². The maximum Gasteiger partial charge on any atom is 0.159 e. The van der Waals surface area contributed by atoms with Gasteiger partial charge in [0.05, 0.1) is 0 Å². The molecule has 0 aliphatic heterocycles. The van der Waals surface area contributed by atoms with E-state index in [-0.39, 0.29) is 12.5 Å². The van der Waals surface area contributed by atoms with E-state index in [9.17, 15) is 4.39 Å². The summed E-state index contributed by atoms with van der Waals surface area (Å²) in [5, 5.41) is 0. The number of nitrogens with zero attached hydrogens (tertiary/aromatic N) is 2. The van der Waals surface area contributed by atoms with Crippen LogP contribution in [0.15, 0.2) is 60.9 Å². The van der Waals surface area contributed by atoms with E-state index in [4.69, 9.17) is 4.74 Å². The normalized spacial score (nSPS) is 12.1. The maximum absolute atomic E-state index is 13.7. The van der Waals surface area contributed by atoms with Crippen molar-refractivity contribution >= 4 is 0 Å². The number of rotatable bonds is 14. The van der Waals surface area contributed by atoms with Crippen molar-refractivity contribution < 1.29 is 9.13 Å². The van der Waals surface area contributed by atoms with Gasteiger partial charge >= 0.3 is 0 Å². The van der Waals surface area contributed by atoms with Gasteiger partial charge < -0.3 is 4.74 Å². The van der Waals surface area contributed by atoms with Crippen LogP contribution in [0.4, 0.5) is 4.39 Å². The molecule has 34 heavy (non-hydrogen) atoms. The third-order valence-corrected chi connectivity index (χ3v) is 6.25. The number of hydrogen-bond donors (Lipinski definition) is 0. The summed E-state index contributed by atoms with van der Waals surface area (Å²) in [7, 11) is 0. The fourth-order valence-electron chi connectivity index (χ4n) is 3.84. The van der Waals surface area contributed by atoms with Crippen LogP contribution in [-0.2, 0) is 6.42 Å². The Labute approximate surface area is 204 Å². The summed E-state index contributed by atoms with van der Waals surface area (Å²) in [6.45, 7) is 6.03. The van der Waals surface area contributed by atoms with Gasteiger partial charge in [0.2, 0.25) is 0 Å². The van der Waals surface area contributed by atoms with Gasteiger partial charge in [-0.25, -0.2) is 14.4 Å². The lowest BCUT2D eigenvalue weighted by atomic mass is 10.0. The van der Waals surface area contributed by atoms with Crippen molar-refractivity contribution in [1.82, 2.24) is 9.97 Å². The summed E-state index contributed by atoms with van der Waals surface area (Å²) in [5.74, 6) is 1.27. The van der Waals surface area contributed by atoms with Gasteiger partial charge in [-0.1, -0.05) is 83.6 Å². The lowest BCUT2D eigenvalue weighted by molar-refractivity contribution is 0.155. The van der Waals surface area contributed by atoms with Gasteiger partial charge in [0.25, 0.3) is 0 Å². The summed E-state index contributed by atoms with van der Waals surface area (Å²) in [6.07, 6.45) is 13.3. The van der Waals surface area contributed by atoms with Crippen LogP contribution in [0.2, 0.25) is 0 Å². The second kappa shape index (κ2) is 13.8. The van der Waals surface area contributed by atoms with Crippen LogP contribution in [0, 0.1) is 5.92 Å². The minimum Gasteiger partial charge on any atom is -0.491 e. The van der Waals surface area contributed by atoms with Gasteiger partial charge in [0.1, 0.15) is 18.5 Å². The van der Waals surface area contributed by atoms with Crippen molar-refractivity contribution in [2.45, 2.75) is 78.3 Å². The average molecular weight is 463 g/mol. The standard InChI is InChI=1S/C30H39FN2O/c1-4-5-6-7-8-9-10-11-24-12-14-25(15-13-24)27-20-32-30(33-21-27)26-16-18-28(19-17-26)34-22-29(31)23(2)3/h12-21,23,29H,4-11,22H2,1-3H3. The zero-order valence-electron chi connectivity index (χ0n) is 21.0. The highest BCUT2D eigenvalue weighted by atomic mass is 19.1. The molecule has 4 heteroatoms. The maximum atomic E-state index is 13.7. The number of unbranched alkanes of at least 4 members (excludes halogenated alkanes) is 6. The van der Waals surface area contributed by atoms with Crippen molar-refractivity contribution in [2.24, 2.45) is 5.92 Å². The average Bonchev–Trinajstić information content (AvgIpc) is 2.87. The van der Waals surface area contributed by atoms with Crippen molar-refractivity contribution in [3.05, 3.63) is 66.5 Å². The first-order valence-electron chi connectivity index (χ1n) is 12.9. The van der Waals surface area contributed by atoms with E-state index in [2.05, 4.69) is 41.2 Å². The first kappa shape index (κ1) is 25.9. The lowest BCUT2D eigenvalue weighted by Gasteiger charge is -2.13. The quantitative estimate of drug-likeness (QED) is 0.225. The molecule has 0 fully saturated rings. The van der Waals surface area contributed by atoms with E-state index < -0.39 is 6.17 Å². The molecule has 0 aliphatic rings. The summed E-state index contributed by atoms with van der Waals surface area (Å²) in [4.78, 5) is 9.11. The van der Waals surface area contributed by atoms with Gasteiger partial charge in [-0.15, -0.1) is 0 Å². The molecular weight excluding hydrogens is 423 g/mol. The summed E-state index contributed by atoms with van der Waals surface area (Å²) in [6, 6.07) is 16.3. The largest absolute Gasteiger partial charge is 0.491 e. The number of alkyl halides is 1. The van der Waals surface area contributed by atoms with Gasteiger partial charge in [0.15, 0.2) is 5.82 Å². The van der Waals surface area contributed by atoms with Gasteiger partial charge in [0, 0.05) is 23.5 Å². The van der Waals surface area contributed by atoms with Crippen molar-refractivity contribution in [3.63, 3.8) is 0 Å². The second-order valence-corrected chi connectivity index (χ2v) is 9.46. The van der Waals surface area contributed by atoms with E-state index in [0.717, 1.165) is 23.1 Å². The molecule has 1 aromatic heterocycles. The smallest absolute Gasteiger partial charge is 0.159 e. The van der Waals surface area contributed by atoms with E-state index in [1.54, 1.807) is 0 Å². The fraction of sp³-hybridized carbons (Fsp3) is 0.467. The van der Waals surface area contributed by atoms with Crippen molar-refractivity contribution in [3.8, 4) is 28.3 Å². The Morgan fingerprint density at radius 1 is 0.735 bits per heavy atom. The Kier molecular flexibility index (Phi) is 10.5. The third kappa shape index (κ3) is 8.23.